The molecule has 3 aromatic rings. The van der Waals surface area contributed by atoms with Crippen LogP contribution in [0.4, 0.5) is 5.95 Å². The maximum absolute atomic E-state index is 13.0. The number of likely N-dealkylation sites (tertiary alicyclic amines) is 1. The van der Waals surface area contributed by atoms with Crippen LogP contribution in [0.1, 0.15) is 34.8 Å². The first kappa shape index (κ1) is 19.8. The van der Waals surface area contributed by atoms with Crippen LogP contribution in [0.3, 0.4) is 0 Å². The molecule has 0 unspecified atom stereocenters. The number of aromatic nitrogens is 2. The molecule has 7 heteroatoms. The van der Waals surface area contributed by atoms with E-state index in [1.54, 1.807) is 29.2 Å². The van der Waals surface area contributed by atoms with E-state index < -0.39 is 0 Å². The Bertz CT molecular complexity index is 1110. The minimum Gasteiger partial charge on any atom is -0.337 e. The molecule has 2 N–H and O–H groups in total. The summed E-state index contributed by atoms with van der Waals surface area (Å²) in [7, 11) is 0. The van der Waals surface area contributed by atoms with Gasteiger partial charge in [-0.15, -0.1) is 0 Å². The van der Waals surface area contributed by atoms with Gasteiger partial charge in [-0.1, -0.05) is 36.9 Å². The number of amides is 2. The summed E-state index contributed by atoms with van der Waals surface area (Å²) in [5.41, 5.74) is 3.23. The molecule has 2 aromatic carbocycles. The van der Waals surface area contributed by atoms with Crippen molar-refractivity contribution >= 4 is 28.8 Å². The first-order valence-electron chi connectivity index (χ1n) is 10.0. The van der Waals surface area contributed by atoms with Crippen LogP contribution in [0.2, 0.25) is 0 Å². The van der Waals surface area contributed by atoms with E-state index in [0.29, 0.717) is 24.6 Å². The predicted octanol–water partition coefficient (Wildman–Crippen LogP) is 3.21. The molecule has 0 saturated carbocycles. The summed E-state index contributed by atoms with van der Waals surface area (Å²) in [6, 6.07) is 14.7. The van der Waals surface area contributed by atoms with Crippen LogP contribution in [0.15, 0.2) is 61.2 Å². The van der Waals surface area contributed by atoms with Crippen molar-refractivity contribution in [3.63, 3.8) is 0 Å². The molecule has 0 spiro atoms. The summed E-state index contributed by atoms with van der Waals surface area (Å²) in [5, 5.41) is 1.11. The molecule has 1 aromatic heterocycles. The van der Waals surface area contributed by atoms with Gasteiger partial charge in [-0.05, 0) is 49.6 Å². The van der Waals surface area contributed by atoms with Gasteiger partial charge in [-0.3, -0.25) is 9.59 Å². The molecule has 0 radical (unpaired) electrons. The highest BCUT2D eigenvalue weighted by molar-refractivity contribution is 6.05. The number of hydrazine groups is 1. The van der Waals surface area contributed by atoms with Crippen LogP contribution in [-0.4, -0.2) is 39.4 Å². The van der Waals surface area contributed by atoms with Gasteiger partial charge >= 0.3 is 0 Å². The van der Waals surface area contributed by atoms with Crippen molar-refractivity contribution in [1.29, 1.82) is 0 Å². The number of carbonyl (C=O) groups is 2. The molecule has 1 aliphatic heterocycles. The van der Waals surface area contributed by atoms with Gasteiger partial charge in [0.2, 0.25) is 11.9 Å². The molecule has 1 atom stereocenters. The molecule has 0 aliphatic carbocycles. The van der Waals surface area contributed by atoms with Crippen LogP contribution in [0.5, 0.6) is 0 Å². The molecule has 2 amide bonds. The standard InChI is InChI=1S/C23H25N5O2/c1-3-20(29)26-14-8-12-18(15-26)27-21-16(2)9-7-13-19(21)25-23(27)28(24)22(30)17-10-5-4-6-11-17/h3-7,9-11,13,18H,1,8,12,14-15,24H2,2H3/t18-/m1/s1. The van der Waals surface area contributed by atoms with Crippen molar-refractivity contribution in [1.82, 2.24) is 14.5 Å². The zero-order valence-electron chi connectivity index (χ0n) is 17.0. The number of piperidine rings is 1. The number of rotatable bonds is 4. The summed E-state index contributed by atoms with van der Waals surface area (Å²) < 4.78 is 2.02. The molecule has 0 bridgehead atoms. The fourth-order valence-electron chi connectivity index (χ4n) is 4.13. The number of nitrogens with zero attached hydrogens (tertiary/aromatic N) is 4. The third-order valence-corrected chi connectivity index (χ3v) is 5.60. The summed E-state index contributed by atoms with van der Waals surface area (Å²) in [6.45, 7) is 6.83. The Morgan fingerprint density at radius 1 is 1.20 bits per heavy atom. The van der Waals surface area contributed by atoms with Gasteiger partial charge in [-0.25, -0.2) is 15.8 Å². The number of benzene rings is 2. The quantitative estimate of drug-likeness (QED) is 0.314. The van der Waals surface area contributed by atoms with E-state index in [1.807, 2.05) is 35.8 Å². The number of carbonyl (C=O) groups excluding carboxylic acids is 2. The van der Waals surface area contributed by atoms with Gasteiger partial charge in [0.05, 0.1) is 17.1 Å². The summed E-state index contributed by atoms with van der Waals surface area (Å²) in [5.74, 6) is 6.27. The van der Waals surface area contributed by atoms with Crippen molar-refractivity contribution in [2.24, 2.45) is 5.84 Å². The van der Waals surface area contributed by atoms with Crippen LogP contribution >= 0.6 is 0 Å². The molecule has 1 fully saturated rings. The Morgan fingerprint density at radius 3 is 2.70 bits per heavy atom. The number of nitrogens with two attached hydrogens (primary N) is 1. The fraction of sp³-hybridized carbons (Fsp3) is 0.261. The highest BCUT2D eigenvalue weighted by Crippen LogP contribution is 2.33. The van der Waals surface area contributed by atoms with Crippen molar-refractivity contribution in [2.75, 3.05) is 18.1 Å². The maximum atomic E-state index is 13.0. The average Bonchev–Trinajstić information content (AvgIpc) is 3.19. The summed E-state index contributed by atoms with van der Waals surface area (Å²) in [6.07, 6.45) is 3.06. The molecular weight excluding hydrogens is 378 g/mol. The maximum Gasteiger partial charge on any atom is 0.274 e. The zero-order chi connectivity index (χ0) is 21.3. The predicted molar refractivity (Wildman–Crippen MR) is 117 cm³/mol. The topological polar surface area (TPSA) is 84.5 Å². The summed E-state index contributed by atoms with van der Waals surface area (Å²) >= 11 is 0. The number of fused-ring (bicyclic) bond motifs is 1. The molecule has 7 nitrogen and oxygen atoms in total. The van der Waals surface area contributed by atoms with E-state index in [4.69, 9.17) is 10.8 Å². The number of hydrogen-bond acceptors (Lipinski definition) is 4. The molecule has 1 saturated heterocycles. The largest absolute Gasteiger partial charge is 0.337 e. The minimum absolute atomic E-state index is 0.0432. The lowest BCUT2D eigenvalue weighted by atomic mass is 10.0. The van der Waals surface area contributed by atoms with E-state index in [-0.39, 0.29) is 17.9 Å². The second-order valence-electron chi connectivity index (χ2n) is 7.55. The van der Waals surface area contributed by atoms with Crippen LogP contribution < -0.4 is 10.9 Å². The first-order valence-corrected chi connectivity index (χ1v) is 10.0. The van der Waals surface area contributed by atoms with Crippen molar-refractivity contribution in [2.45, 2.75) is 25.8 Å². The smallest absolute Gasteiger partial charge is 0.274 e. The Hall–Kier alpha value is -3.45. The average molecular weight is 403 g/mol. The van der Waals surface area contributed by atoms with E-state index >= 15 is 0 Å². The number of aryl methyl sites for hydroxylation is 1. The highest BCUT2D eigenvalue weighted by atomic mass is 16.2. The van der Waals surface area contributed by atoms with Crippen LogP contribution in [-0.2, 0) is 4.79 Å². The molecule has 4 rings (SSSR count). The van der Waals surface area contributed by atoms with E-state index in [1.165, 1.54) is 6.08 Å². The number of hydrogen-bond donors (Lipinski definition) is 1. The third-order valence-electron chi connectivity index (χ3n) is 5.60. The monoisotopic (exact) mass is 403 g/mol. The number of anilines is 1. The SMILES string of the molecule is C=CC(=O)N1CCC[C@@H](n2c(N(N)C(=O)c3ccccc3)nc3cccc(C)c32)C1. The third kappa shape index (κ3) is 3.48. The van der Waals surface area contributed by atoms with Gasteiger partial charge < -0.3 is 9.47 Å². The van der Waals surface area contributed by atoms with Crippen molar-refractivity contribution < 1.29 is 9.59 Å². The lowest BCUT2D eigenvalue weighted by molar-refractivity contribution is -0.127. The van der Waals surface area contributed by atoms with Gasteiger partial charge in [0, 0.05) is 18.7 Å². The Kier molecular flexibility index (Phi) is 5.37. The molecule has 30 heavy (non-hydrogen) atoms. The van der Waals surface area contributed by atoms with Crippen LogP contribution in [0, 0.1) is 6.92 Å². The minimum atomic E-state index is -0.334. The van der Waals surface area contributed by atoms with Gasteiger partial charge in [0.1, 0.15) is 0 Å². The number of imidazole rings is 1. The first-order chi connectivity index (χ1) is 14.5. The normalized spacial score (nSPS) is 16.5. The second kappa shape index (κ2) is 8.12. The second-order valence-corrected chi connectivity index (χ2v) is 7.55. The van der Waals surface area contributed by atoms with Gasteiger partial charge in [0.25, 0.3) is 5.91 Å². The van der Waals surface area contributed by atoms with Gasteiger partial charge in [-0.2, -0.15) is 0 Å². The lowest BCUT2D eigenvalue weighted by Crippen LogP contribution is -2.43. The Balaban J connectivity index is 1.80. The Labute approximate surface area is 175 Å². The van der Waals surface area contributed by atoms with Crippen molar-refractivity contribution in [3.8, 4) is 0 Å². The van der Waals surface area contributed by atoms with Gasteiger partial charge in [0.15, 0.2) is 0 Å². The fourth-order valence-corrected chi connectivity index (χ4v) is 4.13. The zero-order valence-corrected chi connectivity index (χ0v) is 17.0. The number of para-hydroxylation sites is 1. The Morgan fingerprint density at radius 2 is 1.97 bits per heavy atom. The van der Waals surface area contributed by atoms with Crippen molar-refractivity contribution in [3.05, 3.63) is 72.3 Å². The molecule has 2 heterocycles. The van der Waals surface area contributed by atoms with Crippen LogP contribution in [0.25, 0.3) is 11.0 Å². The highest BCUT2D eigenvalue weighted by Gasteiger charge is 2.30. The van der Waals surface area contributed by atoms with E-state index in [2.05, 4.69) is 6.58 Å². The molecule has 1 aliphatic rings. The van der Waals surface area contributed by atoms with E-state index in [9.17, 15) is 9.59 Å². The lowest BCUT2D eigenvalue weighted by Gasteiger charge is -2.34. The van der Waals surface area contributed by atoms with E-state index in [0.717, 1.165) is 34.4 Å². The summed E-state index contributed by atoms with van der Waals surface area (Å²) in [4.78, 5) is 31.7. The molecular formula is C23H25N5O2. The molecule has 154 valence electrons.